The maximum atomic E-state index is 11.3. The van der Waals surface area contributed by atoms with Crippen LogP contribution in [0.15, 0.2) is 18.2 Å². The molecule has 0 aromatic heterocycles. The monoisotopic (exact) mass is 332 g/mol. The lowest BCUT2D eigenvalue weighted by molar-refractivity contribution is -0.115. The lowest BCUT2D eigenvalue weighted by Gasteiger charge is -2.07. The Morgan fingerprint density at radius 2 is 2.00 bits per heavy atom. The number of carbonyl (C=O) groups is 1. The Morgan fingerprint density at radius 1 is 1.27 bits per heavy atom. The summed E-state index contributed by atoms with van der Waals surface area (Å²) >= 11 is 6.65. The van der Waals surface area contributed by atoms with Gasteiger partial charge in [-0.1, -0.05) is 57.0 Å². The van der Waals surface area contributed by atoms with Gasteiger partial charge in [-0.2, -0.15) is 0 Å². The van der Waals surface area contributed by atoms with E-state index in [1.807, 2.05) is 6.07 Å². The first-order valence-electron chi connectivity index (χ1n) is 4.95. The fourth-order valence-corrected chi connectivity index (χ4v) is 2.25. The van der Waals surface area contributed by atoms with Crippen LogP contribution in [0.4, 0.5) is 0 Å². The molecule has 0 aliphatic heterocycles. The third-order valence-electron chi connectivity index (χ3n) is 2.35. The second-order valence-corrected chi connectivity index (χ2v) is 4.56. The van der Waals surface area contributed by atoms with Gasteiger partial charge in [0.2, 0.25) is 0 Å². The van der Waals surface area contributed by atoms with Crippen molar-refractivity contribution in [3.63, 3.8) is 0 Å². The summed E-state index contributed by atoms with van der Waals surface area (Å²) in [7, 11) is 0. The van der Waals surface area contributed by atoms with Gasteiger partial charge in [-0.3, -0.25) is 4.79 Å². The van der Waals surface area contributed by atoms with Gasteiger partial charge in [-0.05, 0) is 23.1 Å². The minimum atomic E-state index is 0.222. The molecule has 0 unspecified atom stereocenters. The Bertz CT molecular complexity index is 347. The summed E-state index contributed by atoms with van der Waals surface area (Å²) in [5.74, 6) is 0.222. The first-order chi connectivity index (χ1) is 7.21. The van der Waals surface area contributed by atoms with Crippen molar-refractivity contribution in [2.24, 2.45) is 0 Å². The van der Waals surface area contributed by atoms with Crippen LogP contribution in [-0.4, -0.2) is 11.1 Å². The summed E-state index contributed by atoms with van der Waals surface area (Å²) in [6.45, 7) is 2.14. The molecular weight excluding hydrogens is 320 g/mol. The van der Waals surface area contributed by atoms with Crippen molar-refractivity contribution >= 4 is 37.6 Å². The molecule has 1 rings (SSSR count). The van der Waals surface area contributed by atoms with Gasteiger partial charge in [0.15, 0.2) is 0 Å². The van der Waals surface area contributed by atoms with Gasteiger partial charge >= 0.3 is 0 Å². The fourth-order valence-electron chi connectivity index (χ4n) is 1.53. The van der Waals surface area contributed by atoms with Crippen LogP contribution in [0.2, 0.25) is 0 Å². The van der Waals surface area contributed by atoms with Crippen molar-refractivity contribution < 1.29 is 4.79 Å². The van der Waals surface area contributed by atoms with E-state index in [0.29, 0.717) is 11.8 Å². The summed E-state index contributed by atoms with van der Waals surface area (Å²) in [5, 5.41) is 1.29. The average molecular weight is 334 g/mol. The number of Topliss-reactive ketones (excluding diaryl/α,β-unsaturated/α-hetero) is 1. The van der Waals surface area contributed by atoms with Gasteiger partial charge in [0.05, 0.1) is 5.33 Å². The van der Waals surface area contributed by atoms with Crippen LogP contribution >= 0.6 is 31.9 Å². The Morgan fingerprint density at radius 3 is 2.53 bits per heavy atom. The molecule has 0 amide bonds. The number of hydrogen-bond acceptors (Lipinski definition) is 1. The largest absolute Gasteiger partial charge is 0.298 e. The predicted octanol–water partition coefficient (Wildman–Crippen LogP) is 3.65. The SMILES string of the molecule is CCc1ccc(CC(=O)CBr)cc1CBr. The highest BCUT2D eigenvalue weighted by molar-refractivity contribution is 9.09. The maximum absolute atomic E-state index is 11.3. The van der Waals surface area contributed by atoms with Gasteiger partial charge < -0.3 is 0 Å². The highest BCUT2D eigenvalue weighted by Gasteiger charge is 2.05. The van der Waals surface area contributed by atoms with Crippen LogP contribution in [-0.2, 0) is 23.0 Å². The summed E-state index contributed by atoms with van der Waals surface area (Å²) in [6, 6.07) is 6.28. The smallest absolute Gasteiger partial charge is 0.147 e. The zero-order chi connectivity index (χ0) is 11.3. The first kappa shape index (κ1) is 12.9. The zero-order valence-electron chi connectivity index (χ0n) is 8.72. The lowest BCUT2D eigenvalue weighted by atomic mass is 10.0. The van der Waals surface area contributed by atoms with Crippen molar-refractivity contribution in [3.8, 4) is 0 Å². The zero-order valence-corrected chi connectivity index (χ0v) is 11.9. The number of ketones is 1. The molecule has 0 saturated carbocycles. The molecule has 0 atom stereocenters. The van der Waals surface area contributed by atoms with E-state index in [2.05, 4.69) is 50.9 Å². The van der Waals surface area contributed by atoms with E-state index < -0.39 is 0 Å². The number of hydrogen-bond donors (Lipinski definition) is 0. The molecule has 0 saturated heterocycles. The van der Waals surface area contributed by atoms with E-state index in [9.17, 15) is 4.79 Å². The maximum Gasteiger partial charge on any atom is 0.147 e. The van der Waals surface area contributed by atoms with Gasteiger partial charge in [0.1, 0.15) is 5.78 Å². The van der Waals surface area contributed by atoms with Crippen molar-refractivity contribution in [2.75, 3.05) is 5.33 Å². The van der Waals surface area contributed by atoms with Crippen molar-refractivity contribution in [3.05, 3.63) is 34.9 Å². The molecule has 82 valence electrons. The van der Waals surface area contributed by atoms with Crippen molar-refractivity contribution in [2.45, 2.75) is 25.1 Å². The second-order valence-electron chi connectivity index (χ2n) is 3.44. The normalized spacial score (nSPS) is 10.3. The third-order valence-corrected chi connectivity index (χ3v) is 3.58. The summed E-state index contributed by atoms with van der Waals surface area (Å²) in [4.78, 5) is 11.3. The molecule has 0 N–H and O–H groups in total. The standard InChI is InChI=1S/C12H14Br2O/c1-2-10-4-3-9(5-11(10)7-13)6-12(15)8-14/h3-5H,2,6-8H2,1H3. The number of carbonyl (C=O) groups excluding carboxylic acids is 1. The Kier molecular flexibility index (Phi) is 5.54. The Balaban J connectivity index is 2.88. The van der Waals surface area contributed by atoms with Crippen LogP contribution in [0.3, 0.4) is 0 Å². The van der Waals surface area contributed by atoms with Crippen LogP contribution < -0.4 is 0 Å². The van der Waals surface area contributed by atoms with Crippen molar-refractivity contribution in [1.29, 1.82) is 0 Å². The van der Waals surface area contributed by atoms with Gasteiger partial charge in [0, 0.05) is 11.8 Å². The van der Waals surface area contributed by atoms with E-state index in [-0.39, 0.29) is 5.78 Å². The minimum Gasteiger partial charge on any atom is -0.298 e. The third kappa shape index (κ3) is 3.72. The average Bonchev–Trinajstić information content (AvgIpc) is 2.28. The second kappa shape index (κ2) is 6.44. The molecule has 1 aromatic rings. The molecule has 0 aliphatic rings. The Hall–Kier alpha value is -0.150. The highest BCUT2D eigenvalue weighted by Crippen LogP contribution is 2.16. The topological polar surface area (TPSA) is 17.1 Å². The van der Waals surface area contributed by atoms with Gasteiger partial charge in [-0.25, -0.2) is 0 Å². The van der Waals surface area contributed by atoms with E-state index >= 15 is 0 Å². The summed E-state index contributed by atoms with van der Waals surface area (Å²) < 4.78 is 0. The molecule has 0 radical (unpaired) electrons. The van der Waals surface area contributed by atoms with Gasteiger partial charge in [0.25, 0.3) is 0 Å². The van der Waals surface area contributed by atoms with Crippen LogP contribution in [0.5, 0.6) is 0 Å². The highest BCUT2D eigenvalue weighted by atomic mass is 79.9. The quantitative estimate of drug-likeness (QED) is 0.752. The van der Waals surface area contributed by atoms with Crippen LogP contribution in [0, 0.1) is 0 Å². The van der Waals surface area contributed by atoms with Crippen LogP contribution in [0.25, 0.3) is 0 Å². The molecule has 0 heterocycles. The molecule has 15 heavy (non-hydrogen) atoms. The van der Waals surface area contributed by atoms with E-state index in [1.54, 1.807) is 0 Å². The summed E-state index contributed by atoms with van der Waals surface area (Å²) in [5.41, 5.74) is 3.74. The molecule has 0 bridgehead atoms. The molecule has 0 aliphatic carbocycles. The molecule has 1 aromatic carbocycles. The lowest BCUT2D eigenvalue weighted by Crippen LogP contribution is -2.04. The number of halogens is 2. The molecular formula is C12H14Br2O. The Labute approximate surface area is 108 Å². The van der Waals surface area contributed by atoms with Crippen molar-refractivity contribution in [1.82, 2.24) is 0 Å². The molecule has 0 spiro atoms. The summed E-state index contributed by atoms with van der Waals surface area (Å²) in [6.07, 6.45) is 1.56. The van der Waals surface area contributed by atoms with E-state index in [0.717, 1.165) is 17.3 Å². The van der Waals surface area contributed by atoms with E-state index in [1.165, 1.54) is 11.1 Å². The predicted molar refractivity (Wildman–Crippen MR) is 71.0 cm³/mol. The number of rotatable bonds is 5. The first-order valence-corrected chi connectivity index (χ1v) is 7.19. The fraction of sp³-hybridized carbons (Fsp3) is 0.417. The number of benzene rings is 1. The molecule has 0 fully saturated rings. The number of aryl methyl sites for hydroxylation is 1. The van der Waals surface area contributed by atoms with Gasteiger partial charge in [-0.15, -0.1) is 0 Å². The number of alkyl halides is 2. The molecule has 1 nitrogen and oxygen atoms in total. The molecule has 3 heteroatoms. The minimum absolute atomic E-state index is 0.222. The van der Waals surface area contributed by atoms with Crippen LogP contribution in [0.1, 0.15) is 23.6 Å². The van der Waals surface area contributed by atoms with E-state index in [4.69, 9.17) is 0 Å².